The van der Waals surface area contributed by atoms with Crippen molar-refractivity contribution in [1.82, 2.24) is 0 Å². The Hall–Kier alpha value is 1.83. The Kier molecular flexibility index (Phi) is 5.71. The summed E-state index contributed by atoms with van der Waals surface area (Å²) in [7, 11) is -2.82. The predicted octanol–water partition coefficient (Wildman–Crippen LogP) is -3.62. The molecule has 11 heavy (non-hydrogen) atoms. The summed E-state index contributed by atoms with van der Waals surface area (Å²) in [4.78, 5) is 0. The van der Waals surface area contributed by atoms with Crippen molar-refractivity contribution in [2.75, 3.05) is 11.5 Å². The molecule has 0 aromatic heterocycles. The third kappa shape index (κ3) is 4.03. The first kappa shape index (κ1) is 12.8. The summed E-state index contributed by atoms with van der Waals surface area (Å²) in [5, 5.41) is 0. The van der Waals surface area contributed by atoms with Crippen molar-refractivity contribution < 1.29 is 63.2 Å². The quantitative estimate of drug-likeness (QED) is 0.268. The van der Waals surface area contributed by atoms with Crippen LogP contribution < -0.4 is 51.4 Å². The van der Waals surface area contributed by atoms with E-state index in [1.807, 2.05) is 0 Å². The number of hydrogen-bond acceptors (Lipinski definition) is 4. The van der Waals surface area contributed by atoms with Crippen LogP contribution >= 0.6 is 0 Å². The van der Waals surface area contributed by atoms with Gasteiger partial charge in [0.15, 0.2) is 15.9 Å². The van der Waals surface area contributed by atoms with Gasteiger partial charge in [0, 0.05) is 6.42 Å². The smallest absolute Gasteiger partial charge is 0.258 e. The molecule has 1 rings (SSSR count). The molecule has 1 heterocycles. The van der Waals surface area contributed by atoms with Gasteiger partial charge in [0.2, 0.25) is 0 Å². The zero-order chi connectivity index (χ0) is 7.78. The second kappa shape index (κ2) is 4.90. The summed E-state index contributed by atoms with van der Waals surface area (Å²) in [6, 6.07) is -0.116. The molecule has 0 aliphatic carbocycles. The summed E-state index contributed by atoms with van der Waals surface area (Å²) in [6.45, 7) is 0. The van der Waals surface area contributed by atoms with Gasteiger partial charge in [0.1, 0.15) is 5.75 Å². The van der Waals surface area contributed by atoms with Crippen LogP contribution in [0.25, 0.3) is 0 Å². The molecule has 0 N–H and O–H groups in total. The maximum atomic E-state index is 10.8. The van der Waals surface area contributed by atoms with E-state index in [0.717, 1.165) is 3.35 Å². The van der Waals surface area contributed by atoms with Crippen LogP contribution in [-0.4, -0.2) is 29.3 Å². The summed E-state index contributed by atoms with van der Waals surface area (Å²) < 4.78 is 22.8. The van der Waals surface area contributed by atoms with Gasteiger partial charge in [-0.1, -0.05) is 25.2 Å². The molecule has 0 saturated carbocycles. The third-order valence-corrected chi connectivity index (χ3v) is 3.85. The molecule has 1 atom stereocenters. The van der Waals surface area contributed by atoms with Gasteiger partial charge in [-0.05, 0) is 0 Å². The van der Waals surface area contributed by atoms with Crippen molar-refractivity contribution in [3.05, 3.63) is 0 Å². The minimum Gasteiger partial charge on any atom is -0.258 e. The number of nitrogens with zero attached hydrogens (tertiary/aromatic N) is 1. The fourth-order valence-electron chi connectivity index (χ4n) is 0.942. The van der Waals surface area contributed by atoms with Crippen LogP contribution in [0.2, 0.25) is 0 Å². The molecule has 0 bridgehead atoms. The Morgan fingerprint density at radius 3 is 2.27 bits per heavy atom. The second-order valence-electron chi connectivity index (χ2n) is 2.34. The Morgan fingerprint density at radius 1 is 1.55 bits per heavy atom. The van der Waals surface area contributed by atoms with E-state index in [9.17, 15) is 8.42 Å². The van der Waals surface area contributed by atoms with Gasteiger partial charge < -0.3 is 0 Å². The van der Waals surface area contributed by atoms with Gasteiger partial charge in [-0.3, -0.25) is 3.35 Å². The minimum atomic E-state index is -2.82. The first-order chi connectivity index (χ1) is 4.51. The molecule has 1 aliphatic rings. The van der Waals surface area contributed by atoms with Crippen LogP contribution in [0.4, 0.5) is 0 Å². The topological polar surface area (TPSA) is 37.1 Å². The van der Waals surface area contributed by atoms with Gasteiger partial charge in [-0.15, -0.1) is 0 Å². The average Bonchev–Trinajstić information content (AvgIpc) is 2.10. The van der Waals surface area contributed by atoms with Crippen molar-refractivity contribution >= 4 is 35.1 Å². The van der Waals surface area contributed by atoms with E-state index >= 15 is 0 Å². The van der Waals surface area contributed by atoms with Gasteiger partial charge in [-0.2, -0.15) is 0 Å². The second-order valence-corrected chi connectivity index (χ2v) is 5.59. The van der Waals surface area contributed by atoms with Crippen LogP contribution in [0.3, 0.4) is 0 Å². The predicted molar refractivity (Wildman–Crippen MR) is 42.0 cm³/mol. The molecule has 1 fully saturated rings. The van der Waals surface area contributed by atoms with E-state index in [2.05, 4.69) is 25.2 Å². The zero-order valence-corrected chi connectivity index (χ0v) is 11.8. The normalized spacial score (nSPS) is 27.5. The van der Waals surface area contributed by atoms with Crippen molar-refractivity contribution in [1.29, 1.82) is 0 Å². The fourth-order valence-corrected chi connectivity index (χ4v) is 3.19. The molecule has 0 aromatic carbocycles. The van der Waals surface area contributed by atoms with Crippen LogP contribution in [0.5, 0.6) is 0 Å². The molecular weight excluding hydrogens is 229 g/mol. The van der Waals surface area contributed by atoms with E-state index in [0.29, 0.717) is 6.42 Å². The van der Waals surface area contributed by atoms with E-state index in [4.69, 9.17) is 0 Å². The number of rotatable bonds is 1. The number of sulfone groups is 1. The van der Waals surface area contributed by atoms with Crippen LogP contribution in [0.15, 0.2) is 0 Å². The Labute approximate surface area is 120 Å². The van der Waals surface area contributed by atoms with Crippen molar-refractivity contribution in [3.8, 4) is 0 Å². The maximum absolute atomic E-state index is 10.8. The first-order valence-electron chi connectivity index (χ1n) is 2.85. The van der Waals surface area contributed by atoms with Crippen LogP contribution in [0.1, 0.15) is 6.42 Å². The molecule has 7 heteroatoms. The fraction of sp³-hybridized carbons (Fsp3) is 1.00. The van der Waals surface area contributed by atoms with Crippen molar-refractivity contribution in [2.45, 2.75) is 12.5 Å². The molecule has 1 unspecified atom stereocenters. The van der Waals surface area contributed by atoms with Gasteiger partial charge in [-0.25, -0.2) is 8.42 Å². The van der Waals surface area contributed by atoms with Gasteiger partial charge in [0.05, 0.1) is 5.75 Å². The summed E-state index contributed by atoms with van der Waals surface area (Å²) in [6.07, 6.45) is 0.593. The Morgan fingerprint density at radius 2 is 2.09 bits per heavy atom. The number of hydrogen-bond donors (Lipinski definition) is 0. The molecule has 1 saturated heterocycles. The minimum absolute atomic E-state index is 0. The SMILES string of the molecule is O=S1(=O)CCC([N+](=S)[S-])C1.[K+]. The molecule has 0 amide bonds. The summed E-state index contributed by atoms with van der Waals surface area (Å²) >= 11 is 9.25. The molecular formula is C4H7KNO2S3+. The van der Waals surface area contributed by atoms with Crippen LogP contribution in [0, 0.1) is 0 Å². The summed E-state index contributed by atoms with van der Waals surface area (Å²) in [5.74, 6) is 0.376. The van der Waals surface area contributed by atoms with Crippen molar-refractivity contribution in [2.24, 2.45) is 0 Å². The third-order valence-electron chi connectivity index (χ3n) is 1.51. The summed E-state index contributed by atoms with van der Waals surface area (Å²) in [5.41, 5.74) is 0. The van der Waals surface area contributed by atoms with Gasteiger partial charge in [0.25, 0.3) is 0 Å². The monoisotopic (exact) mass is 236 g/mol. The van der Waals surface area contributed by atoms with E-state index in [1.165, 1.54) is 0 Å². The standard InChI is InChI=1S/C4H7NO2S3.K/c6-10(7)2-1-4(3-10)5(8)9;/h4H,1-3H2;/q;+1. The Balaban J connectivity index is 0.000001000. The largest absolute Gasteiger partial charge is 1.00 e. The Bertz CT molecular complexity index is 250. The molecule has 0 aromatic rings. The molecule has 58 valence electrons. The zero-order valence-electron chi connectivity index (χ0n) is 6.19. The van der Waals surface area contributed by atoms with E-state index < -0.39 is 9.84 Å². The molecule has 0 radical (unpaired) electrons. The van der Waals surface area contributed by atoms with Crippen LogP contribution in [-0.2, 0) is 35.1 Å². The molecule has 0 spiro atoms. The van der Waals surface area contributed by atoms with E-state index in [1.54, 1.807) is 0 Å². The molecule has 1 aliphatic heterocycles. The molecule has 3 nitrogen and oxygen atoms in total. The van der Waals surface area contributed by atoms with Crippen molar-refractivity contribution in [3.63, 3.8) is 0 Å². The van der Waals surface area contributed by atoms with Gasteiger partial charge >= 0.3 is 51.4 Å². The maximum Gasteiger partial charge on any atom is 1.00 e. The first-order valence-corrected chi connectivity index (χ1v) is 5.40. The van der Waals surface area contributed by atoms with E-state index in [-0.39, 0.29) is 68.9 Å². The average molecular weight is 236 g/mol.